The number of thiophene rings is 6. The van der Waals surface area contributed by atoms with Gasteiger partial charge in [0.2, 0.25) is 0 Å². The first-order chi connectivity index (χ1) is 42.0. The fourth-order valence-corrected chi connectivity index (χ4v) is 20.4. The predicted octanol–water partition coefficient (Wildman–Crippen LogP) is 28.7. The van der Waals surface area contributed by atoms with E-state index in [9.17, 15) is 0 Å². The standard InChI is InChI=1S/C76H98N2S7/c1-5-9-13-17-21-23-27-31-37-55(35-29-25-19-15-11-7-3)49-57-51-59-53-69(66-40-34-48-80-66)83-75(59)71-58(50-56(36-30-26-20-16-12-8-4)38-32-28-24-22-18-14-10-6-2)52-60-54-70(84-76(60)72(57)71)68-46-44-64(82-68)62-42-41-61(73-74(62)78-85-77-73)63-43-45-67(81-63)65-39-33-47-79-65/h33-34,39-48,51-56H,5-32,35-38,49-50H2,1-4H3. The number of hydrogen-bond donors (Lipinski definition) is 0. The van der Waals surface area contributed by atoms with Crippen molar-refractivity contribution < 1.29 is 0 Å². The average Bonchev–Trinajstić information content (AvgIpc) is 2.13. The number of nitrogens with zero attached hydrogens (tertiary/aromatic N) is 2. The third-order valence-electron chi connectivity index (χ3n) is 18.3. The largest absolute Gasteiger partial charge is 0.172 e. The molecule has 0 fully saturated rings. The van der Waals surface area contributed by atoms with Gasteiger partial charge in [-0.3, -0.25) is 0 Å². The summed E-state index contributed by atoms with van der Waals surface area (Å²) in [6.45, 7) is 9.39. The van der Waals surface area contributed by atoms with Crippen molar-refractivity contribution in [1.82, 2.24) is 8.75 Å². The molecule has 9 heteroatoms. The predicted molar refractivity (Wildman–Crippen MR) is 389 cm³/mol. The van der Waals surface area contributed by atoms with Gasteiger partial charge in [-0.05, 0) is 118 Å². The zero-order valence-electron chi connectivity index (χ0n) is 52.2. The molecule has 0 saturated carbocycles. The van der Waals surface area contributed by atoms with Gasteiger partial charge in [-0.15, -0.1) is 68.0 Å². The monoisotopic (exact) mass is 1260 g/mol. The minimum atomic E-state index is 0.703. The fourth-order valence-electron chi connectivity index (χ4n) is 13.6. The number of rotatable bonds is 41. The molecule has 2 unspecified atom stereocenters. The molecule has 7 aromatic heterocycles. The van der Waals surface area contributed by atoms with E-state index in [0.29, 0.717) is 11.8 Å². The Bertz CT molecular complexity index is 3460. The lowest BCUT2D eigenvalue weighted by atomic mass is 9.83. The lowest BCUT2D eigenvalue weighted by Crippen LogP contribution is -2.08. The van der Waals surface area contributed by atoms with Crippen LogP contribution < -0.4 is 0 Å². The van der Waals surface area contributed by atoms with Gasteiger partial charge in [0.1, 0.15) is 11.0 Å². The van der Waals surface area contributed by atoms with Crippen LogP contribution in [0.3, 0.4) is 0 Å². The van der Waals surface area contributed by atoms with E-state index in [1.807, 2.05) is 34.0 Å². The summed E-state index contributed by atoms with van der Waals surface area (Å²) < 4.78 is 13.0. The van der Waals surface area contributed by atoms with Crippen molar-refractivity contribution in [3.8, 4) is 50.1 Å². The van der Waals surface area contributed by atoms with E-state index in [4.69, 9.17) is 8.75 Å². The Kier molecular flexibility index (Phi) is 26.1. The highest BCUT2D eigenvalue weighted by Gasteiger charge is 2.25. The van der Waals surface area contributed by atoms with Crippen LogP contribution >= 0.6 is 79.7 Å². The summed E-state index contributed by atoms with van der Waals surface area (Å²) >= 11 is 13.0. The molecular formula is C76H98N2S7. The molecule has 2 atom stereocenters. The quantitative estimate of drug-likeness (QED) is 0.0357. The van der Waals surface area contributed by atoms with Gasteiger partial charge in [0.15, 0.2) is 0 Å². The molecule has 7 heterocycles. The van der Waals surface area contributed by atoms with E-state index in [-0.39, 0.29) is 0 Å². The van der Waals surface area contributed by atoms with Gasteiger partial charge in [0.25, 0.3) is 0 Å². The van der Waals surface area contributed by atoms with Crippen molar-refractivity contribution in [2.24, 2.45) is 11.8 Å². The normalized spacial score (nSPS) is 12.8. The van der Waals surface area contributed by atoms with Crippen molar-refractivity contribution in [3.63, 3.8) is 0 Å². The van der Waals surface area contributed by atoms with Crippen LogP contribution in [0.2, 0.25) is 0 Å². The maximum absolute atomic E-state index is 5.00. The van der Waals surface area contributed by atoms with Gasteiger partial charge in [0, 0.05) is 70.3 Å². The Morgan fingerprint density at radius 3 is 1.05 bits per heavy atom. The molecule has 454 valence electrons. The first-order valence-corrected chi connectivity index (χ1v) is 39.8. The first kappa shape index (κ1) is 64.4. The maximum atomic E-state index is 5.00. The van der Waals surface area contributed by atoms with Crippen molar-refractivity contribution >= 4 is 122 Å². The number of aromatic nitrogens is 2. The van der Waals surface area contributed by atoms with Crippen LogP contribution in [0.5, 0.6) is 0 Å². The highest BCUT2D eigenvalue weighted by molar-refractivity contribution is 7.28. The van der Waals surface area contributed by atoms with Gasteiger partial charge in [-0.25, -0.2) is 0 Å². The summed E-state index contributed by atoms with van der Waals surface area (Å²) in [6, 6.07) is 33.6. The number of fused-ring (bicyclic) bond motifs is 6. The van der Waals surface area contributed by atoms with Gasteiger partial charge in [-0.1, -0.05) is 257 Å². The topological polar surface area (TPSA) is 25.8 Å². The van der Waals surface area contributed by atoms with Crippen LogP contribution in [0, 0.1) is 11.8 Å². The van der Waals surface area contributed by atoms with Crippen LogP contribution in [0.25, 0.3) is 92.1 Å². The molecule has 2 nitrogen and oxygen atoms in total. The smallest absolute Gasteiger partial charge is 0.114 e. The molecule has 10 aromatic rings. The summed E-state index contributed by atoms with van der Waals surface area (Å²) in [6.07, 6.45) is 46.5. The molecule has 10 rings (SSSR count). The molecule has 0 saturated heterocycles. The summed E-state index contributed by atoms with van der Waals surface area (Å²) in [5.74, 6) is 1.41. The molecule has 0 radical (unpaired) electrons. The third-order valence-corrected chi connectivity index (χ3v) is 25.8. The maximum Gasteiger partial charge on any atom is 0.114 e. The van der Waals surface area contributed by atoms with Crippen molar-refractivity contribution in [1.29, 1.82) is 0 Å². The lowest BCUT2D eigenvalue weighted by molar-refractivity contribution is 0.400. The Hall–Kier alpha value is -3.54. The fraction of sp³-hybridized carbons (Fsp3) is 0.526. The van der Waals surface area contributed by atoms with Gasteiger partial charge >= 0.3 is 0 Å². The minimum Gasteiger partial charge on any atom is -0.172 e. The zero-order chi connectivity index (χ0) is 58.4. The van der Waals surface area contributed by atoms with E-state index in [2.05, 4.69) is 146 Å². The molecule has 85 heavy (non-hydrogen) atoms. The second-order valence-electron chi connectivity index (χ2n) is 25.1. The van der Waals surface area contributed by atoms with Crippen molar-refractivity contribution in [3.05, 3.63) is 107 Å². The van der Waals surface area contributed by atoms with Crippen LogP contribution in [0.4, 0.5) is 0 Å². The Morgan fingerprint density at radius 2 is 0.671 bits per heavy atom. The molecule has 0 amide bonds. The van der Waals surface area contributed by atoms with Crippen LogP contribution in [-0.2, 0) is 12.8 Å². The van der Waals surface area contributed by atoms with Gasteiger partial charge < -0.3 is 0 Å². The Morgan fingerprint density at radius 1 is 0.329 bits per heavy atom. The summed E-state index contributed by atoms with van der Waals surface area (Å²) in [7, 11) is 0. The molecular weight excluding hydrogens is 1170 g/mol. The van der Waals surface area contributed by atoms with Gasteiger partial charge in [-0.2, -0.15) is 8.75 Å². The molecule has 0 bridgehead atoms. The van der Waals surface area contributed by atoms with E-state index in [0.717, 1.165) is 11.0 Å². The Labute approximate surface area is 540 Å². The second kappa shape index (κ2) is 34.4. The highest BCUT2D eigenvalue weighted by atomic mass is 32.1. The first-order valence-electron chi connectivity index (χ1n) is 34.0. The molecule has 0 aliphatic carbocycles. The van der Waals surface area contributed by atoms with Crippen molar-refractivity contribution in [2.75, 3.05) is 0 Å². The third kappa shape index (κ3) is 17.7. The van der Waals surface area contributed by atoms with Crippen molar-refractivity contribution in [2.45, 2.75) is 246 Å². The molecule has 0 N–H and O–H groups in total. The number of hydrogen-bond acceptors (Lipinski definition) is 9. The van der Waals surface area contributed by atoms with Gasteiger partial charge in [0.05, 0.1) is 11.7 Å². The zero-order valence-corrected chi connectivity index (χ0v) is 57.9. The summed E-state index contributed by atoms with van der Waals surface area (Å²) in [4.78, 5) is 10.8. The number of benzene rings is 3. The highest BCUT2D eigenvalue weighted by Crippen LogP contribution is 2.50. The van der Waals surface area contributed by atoms with E-state index < -0.39 is 0 Å². The number of unbranched alkanes of at least 4 members (excludes halogenated alkanes) is 24. The van der Waals surface area contributed by atoms with E-state index in [1.165, 1.54) is 300 Å². The second-order valence-corrected chi connectivity index (χ2v) is 31.8. The SMILES string of the molecule is CCCCCCCCCCC(CCCCCCCC)Cc1cc2cc(-c3ccc(-c4ccc(-c5ccc(-c6cccs6)s5)c5nsnc45)s3)sc2c2c(CC(CCCCCCCC)CCCCCCCCCC)cc3cc(-c4cccs4)sc3c12. The van der Waals surface area contributed by atoms with Crippen LogP contribution in [0.1, 0.15) is 244 Å². The molecule has 0 aliphatic heterocycles. The summed E-state index contributed by atoms with van der Waals surface area (Å²) in [5.41, 5.74) is 7.66. The van der Waals surface area contributed by atoms with E-state index >= 15 is 0 Å². The van der Waals surface area contributed by atoms with Crippen LogP contribution in [-0.4, -0.2) is 8.75 Å². The molecule has 0 spiro atoms. The lowest BCUT2D eigenvalue weighted by Gasteiger charge is -2.22. The van der Waals surface area contributed by atoms with E-state index in [1.54, 1.807) is 33.2 Å². The van der Waals surface area contributed by atoms with Crippen LogP contribution in [0.15, 0.2) is 95.7 Å². The Balaban J connectivity index is 1.04. The average molecular weight is 1260 g/mol. The molecule has 0 aliphatic rings. The minimum absolute atomic E-state index is 0.703. The summed E-state index contributed by atoms with van der Waals surface area (Å²) in [5, 5.41) is 10.6. The molecule has 3 aromatic carbocycles.